The molecule has 0 atom stereocenters. The van der Waals surface area contributed by atoms with Crippen LogP contribution in [0.1, 0.15) is 17.3 Å². The number of nitro benzene ring substituents is 1. The van der Waals surface area contributed by atoms with Crippen molar-refractivity contribution in [2.24, 2.45) is 0 Å². The number of aromatic hydroxyl groups is 1. The Labute approximate surface area is 96.7 Å². The monoisotopic (exact) mass is 241 g/mol. The second-order valence-corrected chi connectivity index (χ2v) is 3.17. The fraction of sp³-hybridized carbons (Fsp3) is 0.300. The summed E-state index contributed by atoms with van der Waals surface area (Å²) in [7, 11) is 2.50. The molecule has 0 aliphatic rings. The smallest absolute Gasteiger partial charge is 0.353 e. The average molecular weight is 241 g/mol. The molecule has 0 aliphatic carbocycles. The first-order valence-corrected chi connectivity index (χ1v) is 4.57. The van der Waals surface area contributed by atoms with Crippen LogP contribution in [0.3, 0.4) is 0 Å². The van der Waals surface area contributed by atoms with Crippen LogP contribution in [0.4, 0.5) is 5.69 Å². The summed E-state index contributed by atoms with van der Waals surface area (Å²) in [6.07, 6.45) is 0. The van der Waals surface area contributed by atoms with Crippen LogP contribution in [0.25, 0.3) is 0 Å². The molecule has 7 heteroatoms. The van der Waals surface area contributed by atoms with Crippen LogP contribution in [0.2, 0.25) is 0 Å². The molecule has 0 saturated heterocycles. The number of carbonyl (C=O) groups is 1. The summed E-state index contributed by atoms with van der Waals surface area (Å²) in [5.74, 6) is -1.43. The summed E-state index contributed by atoms with van der Waals surface area (Å²) in [6, 6.07) is 1.19. The Hall–Kier alpha value is -2.31. The summed E-state index contributed by atoms with van der Waals surface area (Å²) < 4.78 is 9.65. The van der Waals surface area contributed by atoms with E-state index in [1.54, 1.807) is 0 Å². The molecule has 1 N–H and O–H groups in total. The molecule has 0 amide bonds. The molecule has 1 aromatic carbocycles. The molecule has 7 nitrogen and oxygen atoms in total. The lowest BCUT2D eigenvalue weighted by atomic mass is 10.1. The van der Waals surface area contributed by atoms with Crippen LogP contribution >= 0.6 is 0 Å². The number of nitrogens with zero attached hydrogens (tertiary/aromatic N) is 1. The molecule has 1 rings (SSSR count). The van der Waals surface area contributed by atoms with Gasteiger partial charge in [-0.1, -0.05) is 0 Å². The van der Waals surface area contributed by atoms with Crippen LogP contribution in [0.5, 0.6) is 17.2 Å². The predicted octanol–water partition coefficient (Wildman–Crippen LogP) is 1.52. The lowest BCUT2D eigenvalue weighted by Crippen LogP contribution is -2.03. The highest BCUT2D eigenvalue weighted by atomic mass is 16.6. The van der Waals surface area contributed by atoms with E-state index >= 15 is 0 Å². The highest BCUT2D eigenvalue weighted by Gasteiger charge is 2.29. The number of ether oxygens (including phenoxy) is 2. The molecule has 0 saturated carbocycles. The lowest BCUT2D eigenvalue weighted by molar-refractivity contribution is -0.386. The molecule has 92 valence electrons. The van der Waals surface area contributed by atoms with Crippen molar-refractivity contribution in [2.75, 3.05) is 14.2 Å². The minimum atomic E-state index is -0.819. The topological polar surface area (TPSA) is 98.9 Å². The van der Waals surface area contributed by atoms with Crippen molar-refractivity contribution < 1.29 is 24.3 Å². The van der Waals surface area contributed by atoms with E-state index in [1.807, 2.05) is 0 Å². The van der Waals surface area contributed by atoms with Crippen molar-refractivity contribution >= 4 is 11.5 Å². The molecule has 0 spiro atoms. The largest absolute Gasteiger partial charge is 0.501 e. The van der Waals surface area contributed by atoms with Crippen molar-refractivity contribution in [3.63, 3.8) is 0 Å². The van der Waals surface area contributed by atoms with Gasteiger partial charge in [-0.3, -0.25) is 14.9 Å². The number of hydrogen-bond acceptors (Lipinski definition) is 6. The van der Waals surface area contributed by atoms with Gasteiger partial charge in [-0.15, -0.1) is 0 Å². The Balaban J connectivity index is 3.67. The maximum atomic E-state index is 11.3. The normalized spacial score (nSPS) is 9.82. The van der Waals surface area contributed by atoms with E-state index in [4.69, 9.17) is 9.47 Å². The molecular weight excluding hydrogens is 230 g/mol. The first kappa shape index (κ1) is 12.8. The molecule has 17 heavy (non-hydrogen) atoms. The fourth-order valence-corrected chi connectivity index (χ4v) is 1.44. The van der Waals surface area contributed by atoms with E-state index in [1.165, 1.54) is 27.2 Å². The molecule has 0 bridgehead atoms. The van der Waals surface area contributed by atoms with Crippen molar-refractivity contribution in [3.05, 3.63) is 21.7 Å². The predicted molar refractivity (Wildman–Crippen MR) is 57.9 cm³/mol. The summed E-state index contributed by atoms with van der Waals surface area (Å²) in [4.78, 5) is 21.3. The first-order valence-electron chi connectivity index (χ1n) is 4.57. The number of benzene rings is 1. The molecule has 0 heterocycles. The van der Waals surface area contributed by atoms with E-state index in [2.05, 4.69) is 0 Å². The molecule has 0 aliphatic heterocycles. The third-order valence-electron chi connectivity index (χ3n) is 2.18. The standard InChI is InChI=1S/C10H11NO6/c1-5(12)8-6(16-2)4-7(17-3)9(10(8)13)11(14)15/h4,13H,1-3H3. The minimum absolute atomic E-state index is 0.0254. The zero-order valence-electron chi connectivity index (χ0n) is 9.51. The number of phenols is 1. The summed E-state index contributed by atoms with van der Waals surface area (Å²) >= 11 is 0. The van der Waals surface area contributed by atoms with Crippen molar-refractivity contribution in [3.8, 4) is 17.2 Å². The molecule has 1 aromatic rings. The maximum Gasteiger partial charge on any atom is 0.353 e. The van der Waals surface area contributed by atoms with Crippen LogP contribution in [0, 0.1) is 10.1 Å². The summed E-state index contributed by atoms with van der Waals surface area (Å²) in [5, 5.41) is 20.5. The highest BCUT2D eigenvalue weighted by Crippen LogP contribution is 2.43. The zero-order valence-corrected chi connectivity index (χ0v) is 9.51. The van der Waals surface area contributed by atoms with Gasteiger partial charge in [0.1, 0.15) is 11.3 Å². The SMILES string of the molecule is COc1cc(OC)c([N+](=O)[O-])c(O)c1C(C)=O. The van der Waals surface area contributed by atoms with Gasteiger partial charge in [0, 0.05) is 6.07 Å². The molecule has 0 fully saturated rings. The highest BCUT2D eigenvalue weighted by molar-refractivity contribution is 6.01. The number of Topliss-reactive ketones (excluding diaryl/α,β-unsaturated/α-hetero) is 1. The van der Waals surface area contributed by atoms with Gasteiger partial charge in [0.05, 0.1) is 19.1 Å². The minimum Gasteiger partial charge on any atom is -0.501 e. The maximum absolute atomic E-state index is 11.3. The number of hydrogen-bond donors (Lipinski definition) is 1. The second kappa shape index (κ2) is 4.69. The van der Waals surface area contributed by atoms with E-state index in [9.17, 15) is 20.0 Å². The molecule has 0 aromatic heterocycles. The van der Waals surface area contributed by atoms with Crippen LogP contribution in [0.15, 0.2) is 6.07 Å². The van der Waals surface area contributed by atoms with Gasteiger partial charge in [-0.05, 0) is 6.92 Å². The number of ketones is 1. The number of rotatable bonds is 4. The van der Waals surface area contributed by atoms with E-state index in [0.29, 0.717) is 0 Å². The van der Waals surface area contributed by atoms with Gasteiger partial charge in [0.2, 0.25) is 11.5 Å². The van der Waals surface area contributed by atoms with E-state index in [0.717, 1.165) is 0 Å². The van der Waals surface area contributed by atoms with E-state index in [-0.39, 0.29) is 17.1 Å². The van der Waals surface area contributed by atoms with Gasteiger partial charge in [-0.2, -0.15) is 0 Å². The zero-order chi connectivity index (χ0) is 13.2. The van der Waals surface area contributed by atoms with Gasteiger partial charge >= 0.3 is 5.69 Å². The third kappa shape index (κ3) is 2.12. The summed E-state index contributed by atoms with van der Waals surface area (Å²) in [5.41, 5.74) is -0.890. The van der Waals surface area contributed by atoms with E-state index < -0.39 is 22.1 Å². The molecule has 0 radical (unpaired) electrons. The fourth-order valence-electron chi connectivity index (χ4n) is 1.44. The average Bonchev–Trinajstić information content (AvgIpc) is 2.26. The number of nitro groups is 1. The van der Waals surface area contributed by atoms with Crippen LogP contribution in [-0.4, -0.2) is 30.0 Å². The van der Waals surface area contributed by atoms with Crippen molar-refractivity contribution in [1.29, 1.82) is 0 Å². The molecular formula is C10H11NO6. The Kier molecular flexibility index (Phi) is 3.52. The Morgan fingerprint density at radius 1 is 1.35 bits per heavy atom. The Morgan fingerprint density at radius 2 is 1.88 bits per heavy atom. The number of carbonyl (C=O) groups excluding carboxylic acids is 1. The Bertz CT molecular complexity index is 442. The van der Waals surface area contributed by atoms with Gasteiger partial charge < -0.3 is 14.6 Å². The van der Waals surface area contributed by atoms with Gasteiger partial charge in [0.25, 0.3) is 0 Å². The van der Waals surface area contributed by atoms with Gasteiger partial charge in [-0.25, -0.2) is 0 Å². The Morgan fingerprint density at radius 3 is 2.24 bits per heavy atom. The van der Waals surface area contributed by atoms with Crippen LogP contribution in [-0.2, 0) is 0 Å². The quantitative estimate of drug-likeness (QED) is 0.487. The lowest BCUT2D eigenvalue weighted by Gasteiger charge is -2.10. The van der Waals surface area contributed by atoms with Crippen molar-refractivity contribution in [2.45, 2.75) is 6.92 Å². The number of methoxy groups -OCH3 is 2. The van der Waals surface area contributed by atoms with Crippen molar-refractivity contribution in [1.82, 2.24) is 0 Å². The first-order chi connectivity index (χ1) is 7.93. The van der Waals surface area contributed by atoms with Gasteiger partial charge in [0.15, 0.2) is 5.78 Å². The summed E-state index contributed by atoms with van der Waals surface area (Å²) in [6.45, 7) is 1.17. The molecule has 0 unspecified atom stereocenters. The van der Waals surface area contributed by atoms with Crippen LogP contribution < -0.4 is 9.47 Å². The number of phenolic OH excluding ortho intramolecular Hbond substituents is 1. The third-order valence-corrected chi connectivity index (χ3v) is 2.18. The second-order valence-electron chi connectivity index (χ2n) is 3.17.